The molecule has 0 bridgehead atoms. The van der Waals surface area contributed by atoms with E-state index in [0.717, 1.165) is 0 Å². The van der Waals surface area contributed by atoms with Crippen molar-refractivity contribution in [2.24, 2.45) is 0 Å². The van der Waals surface area contributed by atoms with E-state index in [9.17, 15) is 4.79 Å². The first-order valence-electron chi connectivity index (χ1n) is 5.09. The zero-order valence-corrected chi connectivity index (χ0v) is 9.62. The molecule has 0 saturated carbocycles. The van der Waals surface area contributed by atoms with Gasteiger partial charge in [-0.15, -0.1) is 5.10 Å². The van der Waals surface area contributed by atoms with Gasteiger partial charge in [0.2, 0.25) is 5.95 Å². The molecule has 7 nitrogen and oxygen atoms in total. The maximum atomic E-state index is 11.9. The number of carbonyl (C=O) groups is 1. The Morgan fingerprint density at radius 2 is 2.22 bits per heavy atom. The van der Waals surface area contributed by atoms with Crippen molar-refractivity contribution in [3.8, 4) is 5.75 Å². The summed E-state index contributed by atoms with van der Waals surface area (Å²) >= 11 is 0. The molecule has 1 aromatic heterocycles. The summed E-state index contributed by atoms with van der Waals surface area (Å²) < 4.78 is 5.00. The number of methoxy groups -OCH3 is 1. The summed E-state index contributed by atoms with van der Waals surface area (Å²) in [5.41, 5.74) is 6.39. The van der Waals surface area contributed by atoms with Crippen LogP contribution in [0.4, 0.5) is 11.6 Å². The largest absolute Gasteiger partial charge is 0.497 e. The van der Waals surface area contributed by atoms with Crippen molar-refractivity contribution in [3.63, 3.8) is 0 Å². The topological polar surface area (TPSA) is 103 Å². The molecule has 1 aromatic carbocycles. The van der Waals surface area contributed by atoms with E-state index < -0.39 is 5.91 Å². The molecule has 2 rings (SSSR count). The molecule has 0 aliphatic rings. The van der Waals surface area contributed by atoms with Gasteiger partial charge in [0.25, 0.3) is 5.91 Å². The first-order chi connectivity index (χ1) is 8.70. The van der Waals surface area contributed by atoms with E-state index in [2.05, 4.69) is 20.5 Å². The van der Waals surface area contributed by atoms with E-state index in [1.807, 2.05) is 0 Å². The number of anilines is 2. The Morgan fingerprint density at radius 1 is 1.39 bits per heavy atom. The van der Waals surface area contributed by atoms with Crippen molar-refractivity contribution in [1.82, 2.24) is 15.2 Å². The van der Waals surface area contributed by atoms with Crippen molar-refractivity contribution >= 4 is 17.5 Å². The first-order valence-corrected chi connectivity index (χ1v) is 5.09. The van der Waals surface area contributed by atoms with Crippen LogP contribution in [0.2, 0.25) is 0 Å². The zero-order valence-electron chi connectivity index (χ0n) is 9.62. The van der Waals surface area contributed by atoms with Crippen molar-refractivity contribution in [2.45, 2.75) is 0 Å². The molecule has 0 aliphatic carbocycles. The molecule has 18 heavy (non-hydrogen) atoms. The Bertz CT molecular complexity index is 559. The van der Waals surface area contributed by atoms with E-state index in [1.54, 1.807) is 18.2 Å². The highest BCUT2D eigenvalue weighted by molar-refractivity contribution is 6.07. The quantitative estimate of drug-likeness (QED) is 0.772. The lowest BCUT2D eigenvalue weighted by Crippen LogP contribution is -2.16. The number of rotatable bonds is 3. The number of ether oxygens (including phenoxy) is 1. The SMILES string of the molecule is COc1ccc(C(=O)Nc2nccnn2)c(N)c1. The van der Waals surface area contributed by atoms with Crippen LogP contribution < -0.4 is 15.8 Å². The minimum Gasteiger partial charge on any atom is -0.497 e. The van der Waals surface area contributed by atoms with Crippen molar-refractivity contribution in [3.05, 3.63) is 36.2 Å². The van der Waals surface area contributed by atoms with E-state index in [0.29, 0.717) is 17.0 Å². The van der Waals surface area contributed by atoms with Crippen LogP contribution in [0.1, 0.15) is 10.4 Å². The van der Waals surface area contributed by atoms with Crippen LogP contribution in [0.25, 0.3) is 0 Å². The molecule has 1 heterocycles. The van der Waals surface area contributed by atoms with Gasteiger partial charge in [0.1, 0.15) is 5.75 Å². The predicted octanol–water partition coefficient (Wildman–Crippen LogP) is 0.715. The van der Waals surface area contributed by atoms with Crippen molar-refractivity contribution in [1.29, 1.82) is 0 Å². The molecule has 0 radical (unpaired) electrons. The van der Waals surface area contributed by atoms with Crippen LogP contribution in [0.3, 0.4) is 0 Å². The van der Waals surface area contributed by atoms with E-state index in [-0.39, 0.29) is 5.95 Å². The van der Waals surface area contributed by atoms with Gasteiger partial charge in [-0.1, -0.05) is 0 Å². The normalized spacial score (nSPS) is 9.83. The molecular formula is C11H11N5O2. The second-order valence-electron chi connectivity index (χ2n) is 3.37. The Morgan fingerprint density at radius 3 is 2.83 bits per heavy atom. The molecule has 1 amide bonds. The number of hydrogen-bond donors (Lipinski definition) is 2. The molecule has 92 valence electrons. The number of nitrogens with one attached hydrogen (secondary N) is 1. The minimum atomic E-state index is -0.400. The summed E-state index contributed by atoms with van der Waals surface area (Å²) in [5, 5.41) is 9.74. The summed E-state index contributed by atoms with van der Waals surface area (Å²) in [6.07, 6.45) is 2.84. The van der Waals surface area contributed by atoms with E-state index in [4.69, 9.17) is 10.5 Å². The summed E-state index contributed by atoms with van der Waals surface area (Å²) in [7, 11) is 1.53. The second-order valence-corrected chi connectivity index (χ2v) is 3.37. The number of amides is 1. The first kappa shape index (κ1) is 11.8. The Labute approximate surface area is 103 Å². The highest BCUT2D eigenvalue weighted by atomic mass is 16.5. The Kier molecular flexibility index (Phi) is 3.33. The van der Waals surface area contributed by atoms with Crippen molar-refractivity contribution < 1.29 is 9.53 Å². The fraction of sp³-hybridized carbons (Fsp3) is 0.0909. The highest BCUT2D eigenvalue weighted by Crippen LogP contribution is 2.20. The van der Waals surface area contributed by atoms with Gasteiger partial charge in [-0.3, -0.25) is 10.1 Å². The predicted molar refractivity (Wildman–Crippen MR) is 65.2 cm³/mol. The van der Waals surface area contributed by atoms with Gasteiger partial charge in [-0.05, 0) is 12.1 Å². The lowest BCUT2D eigenvalue weighted by Gasteiger charge is -2.07. The molecule has 0 unspecified atom stereocenters. The summed E-state index contributed by atoms with van der Waals surface area (Å²) in [4.78, 5) is 15.7. The number of benzene rings is 1. The molecule has 0 aliphatic heterocycles. The maximum Gasteiger partial charge on any atom is 0.260 e. The standard InChI is InChI=1S/C11H11N5O2/c1-18-7-2-3-8(9(12)6-7)10(17)15-11-13-4-5-14-16-11/h2-6H,12H2,1H3,(H,13,15,16,17). The van der Waals surface area contributed by atoms with Gasteiger partial charge in [-0.25, -0.2) is 4.98 Å². The number of hydrogen-bond acceptors (Lipinski definition) is 6. The lowest BCUT2D eigenvalue weighted by molar-refractivity contribution is 0.102. The third-order valence-corrected chi connectivity index (χ3v) is 2.21. The average Bonchev–Trinajstić information content (AvgIpc) is 2.39. The van der Waals surface area contributed by atoms with Gasteiger partial charge in [0.15, 0.2) is 0 Å². The lowest BCUT2D eigenvalue weighted by atomic mass is 10.1. The molecule has 2 aromatic rings. The van der Waals surface area contributed by atoms with Gasteiger partial charge in [0, 0.05) is 11.8 Å². The molecular weight excluding hydrogens is 234 g/mol. The van der Waals surface area contributed by atoms with Crippen LogP contribution in [-0.4, -0.2) is 28.2 Å². The molecule has 0 spiro atoms. The molecule has 0 fully saturated rings. The minimum absolute atomic E-state index is 0.123. The van der Waals surface area contributed by atoms with Gasteiger partial charge < -0.3 is 10.5 Å². The van der Waals surface area contributed by atoms with Gasteiger partial charge >= 0.3 is 0 Å². The number of nitrogen functional groups attached to an aromatic ring is 1. The van der Waals surface area contributed by atoms with Crippen LogP contribution in [0.5, 0.6) is 5.75 Å². The van der Waals surface area contributed by atoms with Crippen LogP contribution in [0.15, 0.2) is 30.6 Å². The Balaban J connectivity index is 2.19. The molecule has 0 saturated heterocycles. The molecule has 7 heteroatoms. The Hall–Kier alpha value is -2.70. The number of nitrogens with two attached hydrogens (primary N) is 1. The second kappa shape index (κ2) is 5.09. The van der Waals surface area contributed by atoms with E-state index in [1.165, 1.54) is 19.5 Å². The average molecular weight is 245 g/mol. The summed E-state index contributed by atoms with van der Waals surface area (Å²) in [6.45, 7) is 0. The van der Waals surface area contributed by atoms with Crippen LogP contribution >= 0.6 is 0 Å². The van der Waals surface area contributed by atoms with Crippen LogP contribution in [0, 0.1) is 0 Å². The highest BCUT2D eigenvalue weighted by Gasteiger charge is 2.11. The smallest absolute Gasteiger partial charge is 0.260 e. The molecule has 0 atom stereocenters. The third-order valence-electron chi connectivity index (χ3n) is 2.21. The van der Waals surface area contributed by atoms with Crippen molar-refractivity contribution in [2.75, 3.05) is 18.2 Å². The number of aromatic nitrogens is 3. The van der Waals surface area contributed by atoms with Gasteiger partial charge in [-0.2, -0.15) is 5.10 Å². The third kappa shape index (κ3) is 2.51. The fourth-order valence-corrected chi connectivity index (χ4v) is 1.35. The zero-order chi connectivity index (χ0) is 13.0. The van der Waals surface area contributed by atoms with Crippen LogP contribution in [-0.2, 0) is 0 Å². The monoisotopic (exact) mass is 245 g/mol. The number of nitrogens with zero attached hydrogens (tertiary/aromatic N) is 3. The van der Waals surface area contributed by atoms with E-state index >= 15 is 0 Å². The summed E-state index contributed by atoms with van der Waals surface area (Å²) in [5.74, 6) is 0.308. The van der Waals surface area contributed by atoms with Gasteiger partial charge in [0.05, 0.1) is 25.1 Å². The summed E-state index contributed by atoms with van der Waals surface area (Å²) in [6, 6.07) is 4.79. The fourth-order valence-electron chi connectivity index (χ4n) is 1.35. The maximum absolute atomic E-state index is 11.9. The number of carbonyl (C=O) groups excluding carboxylic acids is 1. The molecule has 3 N–H and O–H groups in total.